The third kappa shape index (κ3) is 2.75. The quantitative estimate of drug-likeness (QED) is 0.523. The van der Waals surface area contributed by atoms with Gasteiger partial charge in [0, 0.05) is 12.2 Å². The minimum Gasteiger partial charge on any atom is -0.287 e. The molecule has 1 aromatic heterocycles. The van der Waals surface area contributed by atoms with Gasteiger partial charge in [-0.15, -0.1) is 0 Å². The van der Waals surface area contributed by atoms with Gasteiger partial charge in [0.15, 0.2) is 5.36 Å². The third-order valence-corrected chi connectivity index (χ3v) is 5.24. The van der Waals surface area contributed by atoms with Crippen LogP contribution in [0.2, 0.25) is 0 Å². The van der Waals surface area contributed by atoms with Gasteiger partial charge in [-0.3, -0.25) is 34.5 Å². The van der Waals surface area contributed by atoms with Gasteiger partial charge in [-0.05, 0) is 37.1 Å². The summed E-state index contributed by atoms with van der Waals surface area (Å²) in [5.41, 5.74) is 2.35. The highest BCUT2D eigenvalue weighted by atomic mass is 16.2. The van der Waals surface area contributed by atoms with E-state index in [1.165, 1.54) is 17.2 Å². The van der Waals surface area contributed by atoms with Crippen LogP contribution in [-0.2, 0) is 0 Å². The van der Waals surface area contributed by atoms with Crippen LogP contribution in [0, 0.1) is 0 Å². The van der Waals surface area contributed by atoms with Gasteiger partial charge in [0.05, 0.1) is 22.2 Å². The van der Waals surface area contributed by atoms with Crippen molar-refractivity contribution in [3.63, 3.8) is 0 Å². The van der Waals surface area contributed by atoms with Gasteiger partial charge >= 0.3 is 0 Å². The summed E-state index contributed by atoms with van der Waals surface area (Å²) in [6.45, 7) is 3.84. The van der Waals surface area contributed by atoms with Gasteiger partial charge in [-0.2, -0.15) is 5.10 Å². The monoisotopic (exact) mass is 390 g/mol. The highest BCUT2D eigenvalue weighted by Crippen LogP contribution is 2.31. The Labute approximate surface area is 165 Å². The Morgan fingerprint density at radius 1 is 1.00 bits per heavy atom. The molecule has 8 heteroatoms. The molecule has 0 atom stereocenters. The van der Waals surface area contributed by atoms with Gasteiger partial charge in [0.1, 0.15) is 5.52 Å². The Kier molecular flexibility index (Phi) is 4.54. The number of amides is 2. The molecule has 2 aromatic carbocycles. The normalized spacial score (nSPS) is 14.3. The summed E-state index contributed by atoms with van der Waals surface area (Å²) in [5.74, 6) is -0.754. The van der Waals surface area contributed by atoms with E-state index in [1.54, 1.807) is 24.3 Å². The van der Waals surface area contributed by atoms with Crippen molar-refractivity contribution in [1.29, 1.82) is 0 Å². The Hall–Kier alpha value is -3.68. The lowest BCUT2D eigenvalue weighted by Crippen LogP contribution is -2.39. The molecule has 0 unspecified atom stereocenters. The SMILES string of the molecule is CCC(CC)N1C(=O)c2cccc(NN=c3c(=O)c4cccnc4c3=O)c2C1=O. The molecule has 0 saturated heterocycles. The number of benzene rings is 1. The molecule has 8 nitrogen and oxygen atoms in total. The molecule has 1 aliphatic heterocycles. The molecule has 1 aliphatic rings. The highest BCUT2D eigenvalue weighted by molar-refractivity contribution is 6.23. The van der Waals surface area contributed by atoms with Crippen molar-refractivity contribution >= 4 is 28.4 Å². The molecule has 146 valence electrons. The topological polar surface area (TPSA) is 109 Å². The van der Waals surface area contributed by atoms with Gasteiger partial charge in [-0.25, -0.2) is 0 Å². The number of hydrogen-bond donors (Lipinski definition) is 1. The molecule has 3 aromatic rings. The number of fused-ring (bicyclic) bond motifs is 2. The van der Waals surface area contributed by atoms with Gasteiger partial charge in [0.25, 0.3) is 11.8 Å². The number of nitrogens with zero attached hydrogens (tertiary/aromatic N) is 3. The van der Waals surface area contributed by atoms with Crippen molar-refractivity contribution in [2.24, 2.45) is 5.10 Å². The fraction of sp³-hybridized carbons (Fsp3) is 0.238. The van der Waals surface area contributed by atoms with Crippen molar-refractivity contribution in [2.45, 2.75) is 32.7 Å². The summed E-state index contributed by atoms with van der Waals surface area (Å²) in [4.78, 5) is 55.8. The van der Waals surface area contributed by atoms with Gasteiger partial charge in [0.2, 0.25) is 10.9 Å². The summed E-state index contributed by atoms with van der Waals surface area (Å²) in [6, 6.07) is 7.68. The van der Waals surface area contributed by atoms with Crippen molar-refractivity contribution in [1.82, 2.24) is 9.88 Å². The summed E-state index contributed by atoms with van der Waals surface area (Å²) in [6.07, 6.45) is 2.74. The number of hydrogen-bond acceptors (Lipinski definition) is 7. The van der Waals surface area contributed by atoms with E-state index in [2.05, 4.69) is 15.5 Å². The Morgan fingerprint density at radius 2 is 1.76 bits per heavy atom. The zero-order valence-electron chi connectivity index (χ0n) is 15.9. The summed E-state index contributed by atoms with van der Waals surface area (Å²) < 4.78 is 0. The molecule has 4 rings (SSSR count). The maximum absolute atomic E-state index is 13.0. The fourth-order valence-corrected chi connectivity index (χ4v) is 3.71. The molecule has 2 heterocycles. The molecule has 1 N–H and O–H groups in total. The minimum atomic E-state index is -0.577. The van der Waals surface area contributed by atoms with Crippen LogP contribution < -0.4 is 21.6 Å². The van der Waals surface area contributed by atoms with Gasteiger partial charge < -0.3 is 0 Å². The molecule has 0 fully saturated rings. The molecule has 0 saturated carbocycles. The van der Waals surface area contributed by atoms with Gasteiger partial charge in [-0.1, -0.05) is 19.9 Å². The van der Waals surface area contributed by atoms with Crippen LogP contribution in [0.5, 0.6) is 0 Å². The van der Waals surface area contributed by atoms with Crippen molar-refractivity contribution < 1.29 is 9.59 Å². The Bertz CT molecular complexity index is 1250. The average molecular weight is 390 g/mol. The molecule has 0 bridgehead atoms. The van der Waals surface area contributed by atoms with Crippen LogP contribution >= 0.6 is 0 Å². The first kappa shape index (κ1) is 18.7. The number of imide groups is 1. The lowest BCUT2D eigenvalue weighted by molar-refractivity contribution is 0.0576. The molecular formula is C21H18N4O4. The van der Waals surface area contributed by atoms with Crippen LogP contribution in [0.3, 0.4) is 0 Å². The lowest BCUT2D eigenvalue weighted by Gasteiger charge is -2.23. The molecule has 0 spiro atoms. The lowest BCUT2D eigenvalue weighted by atomic mass is 10.1. The number of aromatic nitrogens is 1. The van der Waals surface area contributed by atoms with Crippen LogP contribution in [0.4, 0.5) is 5.69 Å². The van der Waals surface area contributed by atoms with E-state index in [-0.39, 0.29) is 45.0 Å². The predicted octanol–water partition coefficient (Wildman–Crippen LogP) is 1.54. The number of nitrogens with one attached hydrogen (secondary N) is 1. The number of carbonyl (C=O) groups excluding carboxylic acids is 2. The molecule has 2 amide bonds. The standard InChI is InChI=1S/C21H18N4O4/c1-3-11(4-2)25-20(28)12-7-5-9-14(15(12)21(25)29)23-24-17-18(26)13-8-6-10-22-16(13)19(17)27/h5-11,23H,3-4H2,1-2H3. The number of carbonyl (C=O) groups is 2. The van der Waals surface area contributed by atoms with E-state index < -0.39 is 16.8 Å². The molecule has 0 radical (unpaired) electrons. The van der Waals surface area contributed by atoms with E-state index >= 15 is 0 Å². The van der Waals surface area contributed by atoms with Crippen molar-refractivity contribution in [3.05, 3.63) is 73.5 Å². The minimum absolute atomic E-state index is 0.0579. The second-order valence-electron chi connectivity index (χ2n) is 6.81. The van der Waals surface area contributed by atoms with E-state index in [0.29, 0.717) is 12.8 Å². The average Bonchev–Trinajstić information content (AvgIpc) is 3.14. The second kappa shape index (κ2) is 7.05. The number of anilines is 1. The van der Waals surface area contributed by atoms with Crippen molar-refractivity contribution in [2.75, 3.05) is 5.43 Å². The van der Waals surface area contributed by atoms with Crippen LogP contribution in [0.15, 0.2) is 51.2 Å². The summed E-state index contributed by atoms with van der Waals surface area (Å²) in [5, 5.41) is 3.86. The van der Waals surface area contributed by atoms with Crippen LogP contribution in [0.25, 0.3) is 10.9 Å². The maximum Gasteiger partial charge on any atom is 0.263 e. The summed E-state index contributed by atoms with van der Waals surface area (Å²) >= 11 is 0. The molecular weight excluding hydrogens is 372 g/mol. The van der Waals surface area contributed by atoms with Crippen LogP contribution in [-0.4, -0.2) is 27.7 Å². The largest absolute Gasteiger partial charge is 0.287 e. The van der Waals surface area contributed by atoms with E-state index in [0.717, 1.165) is 0 Å². The first-order chi connectivity index (χ1) is 14.0. The maximum atomic E-state index is 13.0. The van der Waals surface area contributed by atoms with Crippen molar-refractivity contribution in [3.8, 4) is 0 Å². The second-order valence-corrected chi connectivity index (χ2v) is 6.81. The first-order valence-electron chi connectivity index (χ1n) is 9.38. The molecule has 0 aliphatic carbocycles. The molecule has 29 heavy (non-hydrogen) atoms. The highest BCUT2D eigenvalue weighted by Gasteiger charge is 2.40. The van der Waals surface area contributed by atoms with E-state index in [1.807, 2.05) is 13.8 Å². The fourth-order valence-electron chi connectivity index (χ4n) is 3.71. The zero-order chi connectivity index (χ0) is 20.7. The first-order valence-corrected chi connectivity index (χ1v) is 9.38. The third-order valence-electron chi connectivity index (χ3n) is 5.24. The van der Waals surface area contributed by atoms with Crippen LogP contribution in [0.1, 0.15) is 47.4 Å². The smallest absolute Gasteiger partial charge is 0.263 e. The number of rotatable bonds is 5. The Morgan fingerprint density at radius 3 is 2.45 bits per heavy atom. The number of pyridine rings is 1. The summed E-state index contributed by atoms with van der Waals surface area (Å²) in [7, 11) is 0. The Balaban J connectivity index is 1.79. The zero-order valence-corrected chi connectivity index (χ0v) is 15.9. The van der Waals surface area contributed by atoms with E-state index in [4.69, 9.17) is 0 Å². The predicted molar refractivity (Wildman–Crippen MR) is 107 cm³/mol. The van der Waals surface area contributed by atoms with E-state index in [9.17, 15) is 19.2 Å².